The van der Waals surface area contributed by atoms with Crippen LogP contribution in [0.25, 0.3) is 0 Å². The van der Waals surface area contributed by atoms with Crippen LogP contribution >= 0.6 is 0 Å². The summed E-state index contributed by atoms with van der Waals surface area (Å²) < 4.78 is 0. The van der Waals surface area contributed by atoms with Gasteiger partial charge in [0, 0.05) is 0 Å². The van der Waals surface area contributed by atoms with E-state index < -0.39 is 11.8 Å². The highest BCUT2D eigenvalue weighted by molar-refractivity contribution is 6.33. The van der Waals surface area contributed by atoms with Crippen LogP contribution in [0.1, 0.15) is 26.2 Å². The van der Waals surface area contributed by atoms with E-state index in [9.17, 15) is 9.59 Å². The Morgan fingerprint density at radius 1 is 1.21 bits per heavy atom. The number of hydrogen-bond donors (Lipinski definition) is 2. The van der Waals surface area contributed by atoms with Crippen LogP contribution in [-0.4, -0.2) is 36.3 Å². The number of carbonyl (C=O) groups is 2. The third-order valence-corrected chi connectivity index (χ3v) is 2.02. The number of rotatable bonds is 3. The van der Waals surface area contributed by atoms with Crippen LogP contribution in [-0.2, 0) is 9.59 Å². The average molecular weight is 201 g/mol. The first-order valence-electron chi connectivity index (χ1n) is 4.89. The van der Waals surface area contributed by atoms with Crippen molar-refractivity contribution in [3.05, 3.63) is 0 Å². The molecule has 82 valence electrons. The molecule has 0 bridgehead atoms. The lowest BCUT2D eigenvalue weighted by molar-refractivity contribution is -0.135. The first-order chi connectivity index (χ1) is 6.57. The Labute approximate surface area is 84.4 Å². The maximum absolute atomic E-state index is 9.45. The van der Waals surface area contributed by atoms with E-state index in [0.29, 0.717) is 0 Å². The molecule has 0 aliphatic carbocycles. The van der Waals surface area contributed by atoms with E-state index in [1.165, 1.54) is 38.9 Å². The number of carbonyl (C=O) groups excluding carboxylic acids is 2. The monoisotopic (exact) mass is 201 g/mol. The molecule has 1 rings (SSSR count). The van der Waals surface area contributed by atoms with E-state index in [1.54, 1.807) is 0 Å². The highest BCUT2D eigenvalue weighted by Gasteiger charge is 2.11. The first-order valence-corrected chi connectivity index (χ1v) is 4.89. The van der Waals surface area contributed by atoms with Crippen LogP contribution in [0.5, 0.6) is 0 Å². The first kappa shape index (κ1) is 12.9. The second-order valence-corrected chi connectivity index (χ2v) is 3.28. The molecule has 1 aliphatic rings. The molecule has 1 heterocycles. The molecule has 2 amide bonds. The molecule has 14 heavy (non-hydrogen) atoms. The summed E-state index contributed by atoms with van der Waals surface area (Å²) in [6, 6.07) is 0. The van der Waals surface area contributed by atoms with Gasteiger partial charge in [-0.05, 0) is 32.5 Å². The van der Waals surface area contributed by atoms with Crippen LogP contribution in [0.4, 0.5) is 0 Å². The summed E-state index contributed by atoms with van der Waals surface area (Å²) in [5, 5.41) is 0. The van der Waals surface area contributed by atoms with Crippen molar-refractivity contribution in [2.45, 2.75) is 26.2 Å². The van der Waals surface area contributed by atoms with E-state index in [1.807, 2.05) is 0 Å². The minimum atomic E-state index is -1.10. The second kappa shape index (κ2) is 7.32. The summed E-state index contributed by atoms with van der Waals surface area (Å²) in [5.41, 5.74) is 8.64. The lowest BCUT2D eigenvalue weighted by Crippen LogP contribution is -2.37. The number of hydrogen-bond acceptors (Lipinski definition) is 3. The van der Waals surface area contributed by atoms with Gasteiger partial charge in [-0.1, -0.05) is 13.3 Å². The molecule has 0 aromatic carbocycles. The fraction of sp³-hybridized carbons (Fsp3) is 0.778. The molecular formula is C9H19N3O2. The smallest absolute Gasteiger partial charge is 0.306 e. The SMILES string of the molecule is CCCCN1CCC1.NC(=O)C(N)=O. The van der Waals surface area contributed by atoms with Gasteiger partial charge in [-0.15, -0.1) is 0 Å². The van der Waals surface area contributed by atoms with Crippen molar-refractivity contribution in [2.75, 3.05) is 19.6 Å². The molecule has 0 atom stereocenters. The number of unbranched alkanes of at least 4 members (excludes halogenated alkanes) is 1. The van der Waals surface area contributed by atoms with Gasteiger partial charge in [0.05, 0.1) is 0 Å². The van der Waals surface area contributed by atoms with Gasteiger partial charge in [-0.2, -0.15) is 0 Å². The lowest BCUT2D eigenvalue weighted by atomic mass is 10.2. The Kier molecular flexibility index (Phi) is 6.74. The fourth-order valence-corrected chi connectivity index (χ4v) is 0.987. The second-order valence-electron chi connectivity index (χ2n) is 3.28. The van der Waals surface area contributed by atoms with Crippen molar-refractivity contribution in [1.29, 1.82) is 0 Å². The van der Waals surface area contributed by atoms with E-state index in [4.69, 9.17) is 0 Å². The van der Waals surface area contributed by atoms with Gasteiger partial charge < -0.3 is 16.4 Å². The van der Waals surface area contributed by atoms with Crippen molar-refractivity contribution in [1.82, 2.24) is 4.90 Å². The molecule has 5 heteroatoms. The molecule has 1 aliphatic heterocycles. The molecular weight excluding hydrogens is 182 g/mol. The highest BCUT2D eigenvalue weighted by atomic mass is 16.2. The zero-order chi connectivity index (χ0) is 11.0. The zero-order valence-corrected chi connectivity index (χ0v) is 8.66. The Morgan fingerprint density at radius 3 is 1.93 bits per heavy atom. The minimum absolute atomic E-state index is 1.10. The van der Waals surface area contributed by atoms with Gasteiger partial charge in [-0.3, -0.25) is 9.59 Å². The van der Waals surface area contributed by atoms with Crippen LogP contribution in [0.3, 0.4) is 0 Å². The molecule has 0 aromatic rings. The summed E-state index contributed by atoms with van der Waals surface area (Å²) >= 11 is 0. The van der Waals surface area contributed by atoms with E-state index >= 15 is 0 Å². The molecule has 1 saturated heterocycles. The van der Waals surface area contributed by atoms with Crippen molar-refractivity contribution < 1.29 is 9.59 Å². The summed E-state index contributed by atoms with van der Waals surface area (Å²) in [4.78, 5) is 21.4. The fourth-order valence-electron chi connectivity index (χ4n) is 0.987. The standard InChI is InChI=1S/C7H15N.C2H4N2O2/c1-2-3-5-8-6-4-7-8;3-1(5)2(4)6/h2-7H2,1H3;(H2,3,5)(H2,4,6). The predicted molar refractivity (Wildman–Crippen MR) is 54.4 cm³/mol. The number of likely N-dealkylation sites (tertiary alicyclic amines) is 1. The van der Waals surface area contributed by atoms with Crippen LogP contribution in [0, 0.1) is 0 Å². The molecule has 5 nitrogen and oxygen atoms in total. The summed E-state index contributed by atoms with van der Waals surface area (Å²) in [6.07, 6.45) is 4.17. The highest BCUT2D eigenvalue weighted by Crippen LogP contribution is 2.05. The molecule has 0 unspecified atom stereocenters. The van der Waals surface area contributed by atoms with Crippen molar-refractivity contribution in [3.8, 4) is 0 Å². The van der Waals surface area contributed by atoms with Crippen LogP contribution in [0.15, 0.2) is 0 Å². The molecule has 4 N–H and O–H groups in total. The van der Waals surface area contributed by atoms with E-state index in [2.05, 4.69) is 23.3 Å². The van der Waals surface area contributed by atoms with Gasteiger partial charge in [0.15, 0.2) is 0 Å². The quantitative estimate of drug-likeness (QED) is 0.600. The molecule has 0 spiro atoms. The van der Waals surface area contributed by atoms with Gasteiger partial charge in [0.1, 0.15) is 0 Å². The number of nitrogens with zero attached hydrogens (tertiary/aromatic N) is 1. The Bertz CT molecular complexity index is 178. The Hall–Kier alpha value is -1.10. The summed E-state index contributed by atoms with van der Waals surface area (Å²) in [7, 11) is 0. The molecule has 1 fully saturated rings. The van der Waals surface area contributed by atoms with Crippen molar-refractivity contribution in [2.24, 2.45) is 11.5 Å². The third kappa shape index (κ3) is 6.42. The van der Waals surface area contributed by atoms with Gasteiger partial charge >= 0.3 is 11.8 Å². The Balaban J connectivity index is 0.000000255. The van der Waals surface area contributed by atoms with Gasteiger partial charge in [0.2, 0.25) is 0 Å². The minimum Gasteiger partial charge on any atom is -0.361 e. The molecule has 0 saturated carbocycles. The average Bonchev–Trinajstić information content (AvgIpc) is 2.03. The van der Waals surface area contributed by atoms with E-state index in [-0.39, 0.29) is 0 Å². The van der Waals surface area contributed by atoms with Crippen molar-refractivity contribution >= 4 is 11.8 Å². The molecule has 0 aromatic heterocycles. The number of primary amides is 2. The predicted octanol–water partition coefficient (Wildman–Crippen LogP) is -0.551. The maximum Gasteiger partial charge on any atom is 0.306 e. The maximum atomic E-state index is 9.45. The number of nitrogens with two attached hydrogens (primary N) is 2. The van der Waals surface area contributed by atoms with Crippen molar-refractivity contribution in [3.63, 3.8) is 0 Å². The van der Waals surface area contributed by atoms with Crippen LogP contribution < -0.4 is 11.5 Å². The summed E-state index contributed by atoms with van der Waals surface area (Å²) in [5.74, 6) is -2.20. The molecule has 0 radical (unpaired) electrons. The zero-order valence-electron chi connectivity index (χ0n) is 8.66. The topological polar surface area (TPSA) is 89.4 Å². The largest absolute Gasteiger partial charge is 0.361 e. The van der Waals surface area contributed by atoms with E-state index in [0.717, 1.165) is 0 Å². The summed E-state index contributed by atoms with van der Waals surface area (Å²) in [6.45, 7) is 6.32. The van der Waals surface area contributed by atoms with Crippen LogP contribution in [0.2, 0.25) is 0 Å². The van der Waals surface area contributed by atoms with Gasteiger partial charge in [-0.25, -0.2) is 0 Å². The number of amides is 2. The lowest BCUT2D eigenvalue weighted by Gasteiger charge is -2.30. The Morgan fingerprint density at radius 2 is 1.71 bits per heavy atom. The third-order valence-electron chi connectivity index (χ3n) is 2.02. The van der Waals surface area contributed by atoms with Gasteiger partial charge in [0.25, 0.3) is 0 Å². The normalized spacial score (nSPS) is 14.9.